The molecule has 2 heterocycles. The summed E-state index contributed by atoms with van der Waals surface area (Å²) in [4.78, 5) is 6.11. The molecule has 1 aliphatic heterocycles. The van der Waals surface area contributed by atoms with Gasteiger partial charge in [0.1, 0.15) is 0 Å². The molecule has 7 heteroatoms. The molecule has 0 amide bonds. The van der Waals surface area contributed by atoms with Gasteiger partial charge in [-0.15, -0.1) is 0 Å². The van der Waals surface area contributed by atoms with E-state index in [1.807, 2.05) is 10.8 Å². The summed E-state index contributed by atoms with van der Waals surface area (Å²) in [7, 11) is 0. The van der Waals surface area contributed by atoms with E-state index in [0.717, 1.165) is 25.7 Å². The van der Waals surface area contributed by atoms with Gasteiger partial charge in [0.15, 0.2) is 0 Å². The van der Waals surface area contributed by atoms with Crippen LogP contribution in [0.25, 0.3) is 0 Å². The molecule has 1 atom stereocenters. The van der Waals surface area contributed by atoms with Crippen molar-refractivity contribution in [2.45, 2.75) is 18.8 Å². The minimum absolute atomic E-state index is 0.215. The van der Waals surface area contributed by atoms with E-state index < -0.39 is 17.8 Å². The van der Waals surface area contributed by atoms with Crippen LogP contribution in [0, 0.1) is 0 Å². The van der Waals surface area contributed by atoms with E-state index in [4.69, 9.17) is 4.74 Å². The van der Waals surface area contributed by atoms with Crippen molar-refractivity contribution in [3.63, 3.8) is 0 Å². The van der Waals surface area contributed by atoms with Crippen molar-refractivity contribution < 1.29 is 17.9 Å². The van der Waals surface area contributed by atoms with Crippen LogP contribution in [0.5, 0.6) is 0 Å². The van der Waals surface area contributed by atoms with E-state index in [1.54, 1.807) is 18.6 Å². The molecular formula is C16H18F3N3O. The Bertz CT molecular complexity index is 628. The first kappa shape index (κ1) is 16.0. The molecule has 2 aromatic rings. The van der Waals surface area contributed by atoms with Gasteiger partial charge < -0.3 is 9.30 Å². The summed E-state index contributed by atoms with van der Waals surface area (Å²) < 4.78 is 47.0. The number of hydrogen-bond donors (Lipinski definition) is 0. The zero-order valence-corrected chi connectivity index (χ0v) is 12.5. The molecule has 0 bridgehead atoms. The molecule has 0 N–H and O–H groups in total. The second-order valence-corrected chi connectivity index (χ2v) is 5.55. The normalized spacial score (nSPS) is 19.9. The van der Waals surface area contributed by atoms with Crippen LogP contribution in [-0.4, -0.2) is 40.7 Å². The fraction of sp³-hybridized carbons (Fsp3) is 0.438. The molecule has 0 saturated carbocycles. The van der Waals surface area contributed by atoms with Crippen LogP contribution < -0.4 is 0 Å². The van der Waals surface area contributed by atoms with Gasteiger partial charge in [-0.3, -0.25) is 4.90 Å². The van der Waals surface area contributed by atoms with Crippen molar-refractivity contribution >= 4 is 0 Å². The average molecular weight is 325 g/mol. The van der Waals surface area contributed by atoms with E-state index in [-0.39, 0.29) is 5.56 Å². The SMILES string of the molecule is FC(F)(F)c1ccccc1C1CN(CCn2ccnc2)CCO1. The lowest BCUT2D eigenvalue weighted by Gasteiger charge is -2.34. The smallest absolute Gasteiger partial charge is 0.371 e. The number of ether oxygens (including phenoxy) is 1. The highest BCUT2D eigenvalue weighted by atomic mass is 19.4. The summed E-state index contributed by atoms with van der Waals surface area (Å²) in [5.74, 6) is 0. The maximum Gasteiger partial charge on any atom is 0.416 e. The number of nitrogens with zero attached hydrogens (tertiary/aromatic N) is 3. The second kappa shape index (κ2) is 6.72. The number of aromatic nitrogens is 2. The number of imidazole rings is 1. The van der Waals surface area contributed by atoms with E-state index in [1.165, 1.54) is 12.1 Å². The summed E-state index contributed by atoms with van der Waals surface area (Å²) in [6, 6.07) is 5.65. The van der Waals surface area contributed by atoms with Crippen LogP contribution in [0.4, 0.5) is 13.2 Å². The summed E-state index contributed by atoms with van der Waals surface area (Å²) in [5.41, 5.74) is -0.395. The van der Waals surface area contributed by atoms with E-state index in [0.29, 0.717) is 13.2 Å². The number of benzene rings is 1. The molecule has 124 valence electrons. The first-order valence-corrected chi connectivity index (χ1v) is 7.50. The first-order valence-electron chi connectivity index (χ1n) is 7.50. The minimum Gasteiger partial charge on any atom is -0.371 e. The Morgan fingerprint density at radius 2 is 2.04 bits per heavy atom. The van der Waals surface area contributed by atoms with E-state index >= 15 is 0 Å². The van der Waals surface area contributed by atoms with Crippen molar-refractivity contribution in [2.24, 2.45) is 0 Å². The fourth-order valence-electron chi connectivity index (χ4n) is 2.81. The Morgan fingerprint density at radius 1 is 1.22 bits per heavy atom. The molecule has 0 aliphatic carbocycles. The van der Waals surface area contributed by atoms with Crippen LogP contribution in [0.2, 0.25) is 0 Å². The molecule has 1 fully saturated rings. The Kier molecular flexibility index (Phi) is 4.68. The van der Waals surface area contributed by atoms with Crippen molar-refractivity contribution in [3.8, 4) is 0 Å². The number of alkyl halides is 3. The zero-order chi connectivity index (χ0) is 16.3. The lowest BCUT2D eigenvalue weighted by Crippen LogP contribution is -2.40. The van der Waals surface area contributed by atoms with Crippen LogP contribution >= 0.6 is 0 Å². The third-order valence-electron chi connectivity index (χ3n) is 4.00. The molecule has 1 aromatic carbocycles. The Hall–Kier alpha value is -1.86. The molecular weight excluding hydrogens is 307 g/mol. The largest absolute Gasteiger partial charge is 0.416 e. The lowest BCUT2D eigenvalue weighted by atomic mass is 10.0. The van der Waals surface area contributed by atoms with Gasteiger partial charge >= 0.3 is 6.18 Å². The van der Waals surface area contributed by atoms with Gasteiger partial charge in [0.05, 0.1) is 24.6 Å². The van der Waals surface area contributed by atoms with Crippen molar-refractivity contribution in [2.75, 3.05) is 26.2 Å². The van der Waals surface area contributed by atoms with Crippen molar-refractivity contribution in [3.05, 3.63) is 54.1 Å². The summed E-state index contributed by atoms with van der Waals surface area (Å²) in [6.45, 7) is 3.13. The topological polar surface area (TPSA) is 30.3 Å². The number of morpholine rings is 1. The van der Waals surface area contributed by atoms with Crippen LogP contribution in [-0.2, 0) is 17.5 Å². The summed E-state index contributed by atoms with van der Waals surface area (Å²) in [6.07, 6.45) is 0.401. The maximum atomic E-state index is 13.2. The van der Waals surface area contributed by atoms with Crippen molar-refractivity contribution in [1.29, 1.82) is 0 Å². The molecule has 1 aliphatic rings. The molecule has 3 rings (SSSR count). The van der Waals surface area contributed by atoms with Gasteiger partial charge in [0.25, 0.3) is 0 Å². The Balaban J connectivity index is 1.69. The number of halogens is 3. The summed E-state index contributed by atoms with van der Waals surface area (Å²) >= 11 is 0. The zero-order valence-electron chi connectivity index (χ0n) is 12.5. The quantitative estimate of drug-likeness (QED) is 0.866. The number of rotatable bonds is 4. The predicted molar refractivity (Wildman–Crippen MR) is 78.8 cm³/mol. The first-order chi connectivity index (χ1) is 11.0. The summed E-state index contributed by atoms with van der Waals surface area (Å²) in [5, 5.41) is 0. The second-order valence-electron chi connectivity index (χ2n) is 5.55. The standard InChI is InChI=1S/C16H18F3N3O/c17-16(18,19)14-4-2-1-3-13(14)15-11-21(9-10-23-15)7-8-22-6-5-20-12-22/h1-6,12,15H,7-11H2. The molecule has 1 saturated heterocycles. The maximum absolute atomic E-state index is 13.2. The van der Waals surface area contributed by atoms with E-state index in [9.17, 15) is 13.2 Å². The molecule has 4 nitrogen and oxygen atoms in total. The molecule has 1 unspecified atom stereocenters. The molecule has 23 heavy (non-hydrogen) atoms. The predicted octanol–water partition coefficient (Wildman–Crippen LogP) is 2.98. The monoisotopic (exact) mass is 325 g/mol. The van der Waals surface area contributed by atoms with Gasteiger partial charge in [-0.05, 0) is 11.6 Å². The van der Waals surface area contributed by atoms with Gasteiger partial charge in [-0.2, -0.15) is 13.2 Å². The highest BCUT2D eigenvalue weighted by molar-refractivity contribution is 5.32. The molecule has 1 aromatic heterocycles. The molecule has 0 radical (unpaired) electrons. The van der Waals surface area contributed by atoms with Gasteiger partial charge in [0.2, 0.25) is 0 Å². The molecule has 0 spiro atoms. The van der Waals surface area contributed by atoms with Gasteiger partial charge in [-0.1, -0.05) is 18.2 Å². The van der Waals surface area contributed by atoms with Crippen molar-refractivity contribution in [1.82, 2.24) is 14.5 Å². The van der Waals surface area contributed by atoms with Gasteiger partial charge in [-0.25, -0.2) is 4.98 Å². The lowest BCUT2D eigenvalue weighted by molar-refractivity contribution is -0.140. The third kappa shape index (κ3) is 3.92. The van der Waals surface area contributed by atoms with Crippen LogP contribution in [0.1, 0.15) is 17.2 Å². The Labute approximate surface area is 132 Å². The Morgan fingerprint density at radius 3 is 2.78 bits per heavy atom. The minimum atomic E-state index is -4.36. The van der Waals surface area contributed by atoms with E-state index in [2.05, 4.69) is 9.88 Å². The highest BCUT2D eigenvalue weighted by Gasteiger charge is 2.36. The van der Waals surface area contributed by atoms with Gasteiger partial charge in [0, 0.05) is 38.6 Å². The highest BCUT2D eigenvalue weighted by Crippen LogP contribution is 2.36. The average Bonchev–Trinajstić information content (AvgIpc) is 3.06. The fourth-order valence-corrected chi connectivity index (χ4v) is 2.81. The van der Waals surface area contributed by atoms with Crippen LogP contribution in [0.3, 0.4) is 0 Å². The van der Waals surface area contributed by atoms with Crippen LogP contribution in [0.15, 0.2) is 43.0 Å². The number of hydrogen-bond acceptors (Lipinski definition) is 3. The third-order valence-corrected chi connectivity index (χ3v) is 4.00.